The van der Waals surface area contributed by atoms with Gasteiger partial charge in [-0.15, -0.1) is 0 Å². The Morgan fingerprint density at radius 1 is 1.07 bits per heavy atom. The maximum Gasteiger partial charge on any atom is 0.173 e. The smallest absolute Gasteiger partial charge is 0.173 e. The lowest BCUT2D eigenvalue weighted by Gasteiger charge is -2.16. The summed E-state index contributed by atoms with van der Waals surface area (Å²) in [6, 6.07) is 15.7. The molecule has 0 spiro atoms. The maximum absolute atomic E-state index is 5.87. The van der Waals surface area contributed by atoms with Crippen molar-refractivity contribution >= 4 is 5.82 Å². The summed E-state index contributed by atoms with van der Waals surface area (Å²) in [6.07, 6.45) is 8.68. The first-order valence-corrected chi connectivity index (χ1v) is 8.99. The van der Waals surface area contributed by atoms with Crippen molar-refractivity contribution in [1.82, 2.24) is 24.7 Å². The predicted molar refractivity (Wildman–Crippen MR) is 106 cm³/mol. The fourth-order valence-corrected chi connectivity index (χ4v) is 2.76. The molecule has 1 aromatic carbocycles. The van der Waals surface area contributed by atoms with E-state index in [1.165, 1.54) is 0 Å². The first-order chi connectivity index (χ1) is 13.8. The van der Waals surface area contributed by atoms with Crippen LogP contribution in [0.3, 0.4) is 0 Å². The molecule has 4 rings (SSSR count). The van der Waals surface area contributed by atoms with E-state index in [0.717, 1.165) is 17.0 Å². The summed E-state index contributed by atoms with van der Waals surface area (Å²) >= 11 is 0. The van der Waals surface area contributed by atoms with Gasteiger partial charge in [0.2, 0.25) is 0 Å². The SMILES string of the molecule is C[C@H](Nc1cncc(-n2cccn2)n1)c1cccc(OCc2ccccn2)c1. The number of aromatic nitrogens is 5. The molecule has 4 aromatic rings. The molecule has 3 heterocycles. The van der Waals surface area contributed by atoms with Crippen LogP contribution < -0.4 is 10.1 Å². The Labute approximate surface area is 163 Å². The topological polar surface area (TPSA) is 77.8 Å². The van der Waals surface area contributed by atoms with Crippen molar-refractivity contribution in [1.29, 1.82) is 0 Å². The summed E-state index contributed by atoms with van der Waals surface area (Å²) in [5, 5.41) is 7.57. The van der Waals surface area contributed by atoms with E-state index in [1.807, 2.05) is 48.7 Å². The summed E-state index contributed by atoms with van der Waals surface area (Å²) in [6.45, 7) is 2.50. The molecule has 3 aromatic heterocycles. The number of ether oxygens (including phenoxy) is 1. The number of benzene rings is 1. The van der Waals surface area contributed by atoms with Crippen molar-refractivity contribution in [3.8, 4) is 11.6 Å². The van der Waals surface area contributed by atoms with Gasteiger partial charge in [-0.1, -0.05) is 18.2 Å². The number of hydrogen-bond acceptors (Lipinski definition) is 6. The van der Waals surface area contributed by atoms with Gasteiger partial charge >= 0.3 is 0 Å². The Hall–Kier alpha value is -3.74. The zero-order valence-electron chi connectivity index (χ0n) is 15.4. The van der Waals surface area contributed by atoms with E-state index in [-0.39, 0.29) is 6.04 Å². The fourth-order valence-electron chi connectivity index (χ4n) is 2.76. The van der Waals surface area contributed by atoms with Crippen molar-refractivity contribution in [3.63, 3.8) is 0 Å². The van der Waals surface area contributed by atoms with Crippen LogP contribution >= 0.6 is 0 Å². The normalized spacial score (nSPS) is 11.8. The molecule has 0 unspecified atom stereocenters. The largest absolute Gasteiger partial charge is 0.487 e. The van der Waals surface area contributed by atoms with Gasteiger partial charge in [0.05, 0.1) is 24.1 Å². The highest BCUT2D eigenvalue weighted by Gasteiger charge is 2.09. The molecule has 140 valence electrons. The van der Waals surface area contributed by atoms with Crippen LogP contribution in [0.5, 0.6) is 5.75 Å². The first kappa shape index (κ1) is 17.7. The van der Waals surface area contributed by atoms with E-state index >= 15 is 0 Å². The Morgan fingerprint density at radius 3 is 2.86 bits per heavy atom. The van der Waals surface area contributed by atoms with Crippen molar-refractivity contribution in [2.75, 3.05) is 5.32 Å². The van der Waals surface area contributed by atoms with E-state index in [9.17, 15) is 0 Å². The third-order valence-corrected chi connectivity index (χ3v) is 4.20. The zero-order valence-corrected chi connectivity index (χ0v) is 15.4. The van der Waals surface area contributed by atoms with Crippen molar-refractivity contribution in [3.05, 3.63) is 90.8 Å². The number of nitrogens with one attached hydrogen (secondary N) is 1. The lowest BCUT2D eigenvalue weighted by atomic mass is 10.1. The van der Waals surface area contributed by atoms with Crippen molar-refractivity contribution in [2.24, 2.45) is 0 Å². The lowest BCUT2D eigenvalue weighted by Crippen LogP contribution is -2.10. The summed E-state index contributed by atoms with van der Waals surface area (Å²) in [5.74, 6) is 2.14. The molecule has 0 aliphatic heterocycles. The quantitative estimate of drug-likeness (QED) is 0.531. The van der Waals surface area contributed by atoms with Crippen LogP contribution in [0.15, 0.2) is 79.5 Å². The van der Waals surface area contributed by atoms with E-state index in [4.69, 9.17) is 4.74 Å². The van der Waals surface area contributed by atoms with Gasteiger partial charge in [-0.25, -0.2) is 9.67 Å². The van der Waals surface area contributed by atoms with Crippen LogP contribution in [0.25, 0.3) is 5.82 Å². The van der Waals surface area contributed by atoms with Crippen LogP contribution in [0, 0.1) is 0 Å². The molecule has 0 saturated carbocycles. The molecule has 28 heavy (non-hydrogen) atoms. The number of rotatable bonds is 7. The average molecular weight is 372 g/mol. The fraction of sp³-hybridized carbons (Fsp3) is 0.143. The van der Waals surface area contributed by atoms with Gasteiger partial charge in [-0.05, 0) is 42.8 Å². The molecule has 0 fully saturated rings. The van der Waals surface area contributed by atoms with Crippen LogP contribution in [0.4, 0.5) is 5.82 Å². The Morgan fingerprint density at radius 2 is 2.04 bits per heavy atom. The maximum atomic E-state index is 5.87. The van der Waals surface area contributed by atoms with Crippen LogP contribution in [-0.2, 0) is 6.61 Å². The van der Waals surface area contributed by atoms with Gasteiger partial charge in [0.25, 0.3) is 0 Å². The third-order valence-electron chi connectivity index (χ3n) is 4.20. The van der Waals surface area contributed by atoms with E-state index in [2.05, 4.69) is 38.4 Å². The molecule has 1 N–H and O–H groups in total. The highest BCUT2D eigenvalue weighted by Crippen LogP contribution is 2.22. The van der Waals surface area contributed by atoms with Gasteiger partial charge in [0.15, 0.2) is 5.82 Å². The highest BCUT2D eigenvalue weighted by atomic mass is 16.5. The molecule has 0 radical (unpaired) electrons. The second-order valence-corrected chi connectivity index (χ2v) is 6.26. The van der Waals surface area contributed by atoms with Gasteiger partial charge in [0.1, 0.15) is 18.2 Å². The third kappa shape index (κ3) is 4.32. The van der Waals surface area contributed by atoms with Crippen molar-refractivity contribution < 1.29 is 4.74 Å². The predicted octanol–water partition coefficient (Wildman–Crippen LogP) is 3.81. The number of hydrogen-bond donors (Lipinski definition) is 1. The summed E-state index contributed by atoms with van der Waals surface area (Å²) in [7, 11) is 0. The summed E-state index contributed by atoms with van der Waals surface area (Å²) < 4.78 is 7.55. The molecular weight excluding hydrogens is 352 g/mol. The lowest BCUT2D eigenvalue weighted by molar-refractivity contribution is 0.301. The summed E-state index contributed by atoms with van der Waals surface area (Å²) in [4.78, 5) is 13.1. The molecule has 7 heteroatoms. The molecule has 0 bridgehead atoms. The van der Waals surface area contributed by atoms with E-state index < -0.39 is 0 Å². The van der Waals surface area contributed by atoms with Gasteiger partial charge < -0.3 is 10.1 Å². The molecular formula is C21H20N6O. The average Bonchev–Trinajstić information content (AvgIpc) is 3.28. The monoisotopic (exact) mass is 372 g/mol. The zero-order chi connectivity index (χ0) is 19.2. The second-order valence-electron chi connectivity index (χ2n) is 6.26. The molecule has 0 aliphatic carbocycles. The Balaban J connectivity index is 1.43. The van der Waals surface area contributed by atoms with E-state index in [0.29, 0.717) is 18.2 Å². The Bertz CT molecular complexity index is 1020. The van der Waals surface area contributed by atoms with E-state index in [1.54, 1.807) is 29.5 Å². The van der Waals surface area contributed by atoms with Gasteiger partial charge in [0, 0.05) is 18.6 Å². The minimum absolute atomic E-state index is 0.0283. The van der Waals surface area contributed by atoms with Crippen LogP contribution in [0.1, 0.15) is 24.2 Å². The summed E-state index contributed by atoms with van der Waals surface area (Å²) in [5.41, 5.74) is 1.98. The molecule has 7 nitrogen and oxygen atoms in total. The molecule has 0 saturated heterocycles. The number of pyridine rings is 1. The van der Waals surface area contributed by atoms with Crippen LogP contribution in [-0.4, -0.2) is 24.7 Å². The molecule has 1 atom stereocenters. The molecule has 0 amide bonds. The minimum Gasteiger partial charge on any atom is -0.487 e. The van der Waals surface area contributed by atoms with Crippen LogP contribution in [0.2, 0.25) is 0 Å². The van der Waals surface area contributed by atoms with Gasteiger partial charge in [-0.3, -0.25) is 9.97 Å². The number of nitrogens with zero attached hydrogens (tertiary/aromatic N) is 5. The first-order valence-electron chi connectivity index (χ1n) is 8.99. The standard InChI is InChI=1S/C21H20N6O/c1-16(25-20-13-22-14-21(26-20)27-11-5-10-24-27)17-6-4-8-19(12-17)28-15-18-7-2-3-9-23-18/h2-14,16H,15H2,1H3,(H,25,26)/t16-/m0/s1. The highest BCUT2D eigenvalue weighted by molar-refractivity contribution is 5.40. The second kappa shape index (κ2) is 8.30. The van der Waals surface area contributed by atoms with Crippen molar-refractivity contribution in [2.45, 2.75) is 19.6 Å². The molecule has 0 aliphatic rings. The number of anilines is 1. The van der Waals surface area contributed by atoms with Gasteiger partial charge in [-0.2, -0.15) is 5.10 Å². The minimum atomic E-state index is 0.0283. The Kier molecular flexibility index (Phi) is 5.24.